The van der Waals surface area contributed by atoms with Crippen LogP contribution in [0.1, 0.15) is 26.3 Å². The van der Waals surface area contributed by atoms with Crippen LogP contribution in [0.5, 0.6) is 0 Å². The SMILES string of the molecule is CN(CCS(C)(=O)=O)c1ccc(CNC(C)(C)C)c(Br)c1. The summed E-state index contributed by atoms with van der Waals surface area (Å²) in [5.74, 6) is 0.161. The molecule has 0 unspecified atom stereocenters. The lowest BCUT2D eigenvalue weighted by molar-refractivity contribution is 0.424. The molecule has 0 aliphatic carbocycles. The number of nitrogens with one attached hydrogen (secondary N) is 1. The quantitative estimate of drug-likeness (QED) is 0.828. The second-order valence-electron chi connectivity index (χ2n) is 6.43. The highest BCUT2D eigenvalue weighted by Crippen LogP contribution is 2.24. The van der Waals surface area contributed by atoms with Gasteiger partial charge in [0.1, 0.15) is 9.84 Å². The van der Waals surface area contributed by atoms with E-state index >= 15 is 0 Å². The van der Waals surface area contributed by atoms with Crippen LogP contribution in [0.15, 0.2) is 22.7 Å². The van der Waals surface area contributed by atoms with Crippen LogP contribution in [0.2, 0.25) is 0 Å². The molecule has 0 spiro atoms. The Morgan fingerprint density at radius 3 is 2.38 bits per heavy atom. The Kier molecular flexibility index (Phi) is 6.25. The second-order valence-corrected chi connectivity index (χ2v) is 9.54. The highest BCUT2D eigenvalue weighted by Gasteiger charge is 2.11. The molecule has 1 aromatic carbocycles. The molecule has 1 N–H and O–H groups in total. The van der Waals surface area contributed by atoms with Gasteiger partial charge in [-0.05, 0) is 38.5 Å². The Morgan fingerprint density at radius 1 is 1.29 bits per heavy atom. The minimum atomic E-state index is -2.93. The summed E-state index contributed by atoms with van der Waals surface area (Å²) in [6, 6.07) is 6.11. The number of rotatable bonds is 6. The number of halogens is 1. The molecule has 0 saturated heterocycles. The van der Waals surface area contributed by atoms with Gasteiger partial charge in [-0.25, -0.2) is 8.42 Å². The normalized spacial score (nSPS) is 12.5. The first-order chi connectivity index (χ1) is 9.48. The molecule has 0 bridgehead atoms. The number of benzene rings is 1. The van der Waals surface area contributed by atoms with Crippen molar-refractivity contribution < 1.29 is 8.42 Å². The zero-order chi connectivity index (χ0) is 16.3. The lowest BCUT2D eigenvalue weighted by Crippen LogP contribution is -2.35. The first-order valence-corrected chi connectivity index (χ1v) is 9.75. The highest BCUT2D eigenvalue weighted by atomic mass is 79.9. The van der Waals surface area contributed by atoms with E-state index in [4.69, 9.17) is 0 Å². The van der Waals surface area contributed by atoms with Crippen molar-refractivity contribution in [1.82, 2.24) is 5.32 Å². The zero-order valence-corrected chi connectivity index (χ0v) is 15.8. The summed E-state index contributed by atoms with van der Waals surface area (Å²) in [5, 5.41) is 3.45. The van der Waals surface area contributed by atoms with Crippen LogP contribution in [-0.2, 0) is 16.4 Å². The molecule has 0 fully saturated rings. The standard InChI is InChI=1S/C15H25BrN2O2S/c1-15(2,3)17-11-12-6-7-13(10-14(12)16)18(4)8-9-21(5,19)20/h6-7,10,17H,8-9,11H2,1-5H3. The molecular weight excluding hydrogens is 352 g/mol. The van der Waals surface area contributed by atoms with E-state index in [1.54, 1.807) is 0 Å². The number of anilines is 1. The van der Waals surface area contributed by atoms with Gasteiger partial charge in [-0.15, -0.1) is 0 Å². The van der Waals surface area contributed by atoms with Gasteiger partial charge in [-0.2, -0.15) is 0 Å². The van der Waals surface area contributed by atoms with E-state index in [9.17, 15) is 8.42 Å². The average Bonchev–Trinajstić information content (AvgIpc) is 2.32. The summed E-state index contributed by atoms with van der Waals surface area (Å²) in [6.45, 7) is 7.68. The molecule has 0 aromatic heterocycles. The van der Waals surface area contributed by atoms with Gasteiger partial charge < -0.3 is 10.2 Å². The minimum Gasteiger partial charge on any atom is -0.374 e. The van der Waals surface area contributed by atoms with E-state index in [-0.39, 0.29) is 11.3 Å². The van der Waals surface area contributed by atoms with E-state index in [1.807, 2.05) is 24.1 Å². The Labute approximate surface area is 137 Å². The maximum Gasteiger partial charge on any atom is 0.149 e. The van der Waals surface area contributed by atoms with Crippen molar-refractivity contribution in [1.29, 1.82) is 0 Å². The molecule has 0 heterocycles. The summed E-state index contributed by atoms with van der Waals surface area (Å²) >= 11 is 3.59. The topological polar surface area (TPSA) is 49.4 Å². The van der Waals surface area contributed by atoms with Crippen LogP contribution >= 0.6 is 15.9 Å². The molecule has 4 nitrogen and oxygen atoms in total. The smallest absolute Gasteiger partial charge is 0.149 e. The van der Waals surface area contributed by atoms with Gasteiger partial charge in [0.2, 0.25) is 0 Å². The van der Waals surface area contributed by atoms with Gasteiger partial charge in [0.05, 0.1) is 5.75 Å². The van der Waals surface area contributed by atoms with E-state index in [0.717, 1.165) is 16.7 Å². The van der Waals surface area contributed by atoms with Crippen molar-refractivity contribution in [2.75, 3.05) is 30.5 Å². The van der Waals surface area contributed by atoms with Crippen molar-refractivity contribution in [2.45, 2.75) is 32.9 Å². The summed E-state index contributed by atoms with van der Waals surface area (Å²) in [5.41, 5.74) is 2.26. The third-order valence-electron chi connectivity index (χ3n) is 3.08. The maximum atomic E-state index is 11.2. The predicted octanol–water partition coefficient (Wildman–Crippen LogP) is 2.82. The number of hydrogen-bond acceptors (Lipinski definition) is 4. The first kappa shape index (κ1) is 18.5. The minimum absolute atomic E-state index is 0.0738. The van der Waals surface area contributed by atoms with Crippen molar-refractivity contribution in [3.8, 4) is 0 Å². The molecule has 0 aliphatic heterocycles. The molecule has 0 radical (unpaired) electrons. The van der Waals surface area contributed by atoms with E-state index in [1.165, 1.54) is 11.8 Å². The fourth-order valence-corrected chi connectivity index (χ4v) is 2.82. The highest BCUT2D eigenvalue weighted by molar-refractivity contribution is 9.10. The van der Waals surface area contributed by atoms with Crippen LogP contribution in [0, 0.1) is 0 Å². The van der Waals surface area contributed by atoms with Crippen molar-refractivity contribution >= 4 is 31.5 Å². The van der Waals surface area contributed by atoms with Gasteiger partial charge in [0.15, 0.2) is 0 Å². The van der Waals surface area contributed by atoms with E-state index in [2.05, 4.69) is 48.1 Å². The third kappa shape index (κ3) is 7.29. The molecule has 1 aromatic rings. The van der Waals surface area contributed by atoms with E-state index in [0.29, 0.717) is 6.54 Å². The van der Waals surface area contributed by atoms with Crippen LogP contribution in [0.25, 0.3) is 0 Å². The molecular formula is C15H25BrN2O2S. The van der Waals surface area contributed by atoms with Gasteiger partial charge in [-0.3, -0.25) is 0 Å². The fraction of sp³-hybridized carbons (Fsp3) is 0.600. The molecule has 120 valence electrons. The Bertz CT molecular complexity index is 580. The summed E-state index contributed by atoms with van der Waals surface area (Å²) in [4.78, 5) is 1.95. The molecule has 0 amide bonds. The Hall–Kier alpha value is -0.590. The monoisotopic (exact) mass is 376 g/mol. The molecule has 1 rings (SSSR count). The van der Waals surface area contributed by atoms with Crippen molar-refractivity contribution in [2.24, 2.45) is 0 Å². The van der Waals surface area contributed by atoms with Gasteiger partial charge in [0.25, 0.3) is 0 Å². The summed E-state index contributed by atoms with van der Waals surface area (Å²) < 4.78 is 23.5. The number of nitrogens with zero attached hydrogens (tertiary/aromatic N) is 1. The molecule has 0 atom stereocenters. The van der Waals surface area contributed by atoms with Crippen LogP contribution < -0.4 is 10.2 Å². The van der Waals surface area contributed by atoms with Crippen molar-refractivity contribution in [3.05, 3.63) is 28.2 Å². The first-order valence-electron chi connectivity index (χ1n) is 6.90. The summed E-state index contributed by atoms with van der Waals surface area (Å²) in [7, 11) is -1.03. The maximum absolute atomic E-state index is 11.2. The van der Waals surface area contributed by atoms with Crippen LogP contribution in [0.4, 0.5) is 5.69 Å². The number of sulfone groups is 1. The van der Waals surface area contributed by atoms with Gasteiger partial charge in [-0.1, -0.05) is 22.0 Å². The van der Waals surface area contributed by atoms with Gasteiger partial charge in [0, 0.05) is 42.1 Å². The molecule has 21 heavy (non-hydrogen) atoms. The van der Waals surface area contributed by atoms with Crippen LogP contribution in [-0.4, -0.2) is 39.6 Å². The average molecular weight is 377 g/mol. The molecule has 0 aliphatic rings. The molecule has 6 heteroatoms. The van der Waals surface area contributed by atoms with Crippen LogP contribution in [0.3, 0.4) is 0 Å². The molecule has 0 saturated carbocycles. The Balaban J connectivity index is 2.73. The third-order valence-corrected chi connectivity index (χ3v) is 4.75. The van der Waals surface area contributed by atoms with E-state index < -0.39 is 9.84 Å². The second kappa shape index (κ2) is 7.11. The lowest BCUT2D eigenvalue weighted by atomic mass is 10.1. The fourth-order valence-electron chi connectivity index (χ4n) is 1.71. The van der Waals surface area contributed by atoms with Crippen molar-refractivity contribution in [3.63, 3.8) is 0 Å². The lowest BCUT2D eigenvalue weighted by Gasteiger charge is -2.22. The van der Waals surface area contributed by atoms with Gasteiger partial charge >= 0.3 is 0 Å². The largest absolute Gasteiger partial charge is 0.374 e. The predicted molar refractivity (Wildman–Crippen MR) is 93.7 cm³/mol. The zero-order valence-electron chi connectivity index (χ0n) is 13.4. The number of hydrogen-bond donors (Lipinski definition) is 1. The Morgan fingerprint density at radius 2 is 1.90 bits per heavy atom. The summed E-state index contributed by atoms with van der Waals surface area (Å²) in [6.07, 6.45) is 1.26.